The molecule has 0 saturated heterocycles. The van der Waals surface area contributed by atoms with Crippen molar-refractivity contribution in [1.82, 2.24) is 0 Å². The van der Waals surface area contributed by atoms with E-state index in [1.807, 2.05) is 23.5 Å². The number of rotatable bonds is 7. The molecule has 10 heavy (non-hydrogen) atoms. The lowest BCUT2D eigenvalue weighted by atomic mass is 11.0. The van der Waals surface area contributed by atoms with Gasteiger partial charge in [0, 0.05) is 11.5 Å². The molecule has 4 heteroatoms. The lowest BCUT2D eigenvalue weighted by Crippen LogP contribution is -1.80. The molecule has 0 bridgehead atoms. The molecule has 0 radical (unpaired) electrons. The summed E-state index contributed by atoms with van der Waals surface area (Å²) in [5.74, 6) is 4.00. The Hall–Kier alpha value is 1.48. The van der Waals surface area contributed by atoms with Crippen LogP contribution in [-0.4, -0.2) is 35.9 Å². The third kappa shape index (κ3) is 9.48. The maximum Gasteiger partial charge on any atom is 0.00626 e. The Labute approximate surface area is 78.6 Å². The predicted molar refractivity (Wildman–Crippen MR) is 62.4 cm³/mol. The van der Waals surface area contributed by atoms with E-state index in [0.29, 0.717) is 0 Å². The summed E-state index contributed by atoms with van der Waals surface area (Å²) >= 11 is 6.01. The van der Waals surface area contributed by atoms with E-state index in [0.717, 1.165) is 7.78 Å². The fourth-order valence-corrected chi connectivity index (χ4v) is 5.22. The minimum atomic E-state index is 1.13. The van der Waals surface area contributed by atoms with Crippen molar-refractivity contribution >= 4 is 42.7 Å². The molecule has 0 fully saturated rings. The zero-order valence-electron chi connectivity index (χ0n) is 6.55. The van der Waals surface area contributed by atoms with Crippen LogP contribution in [0.1, 0.15) is 0 Å². The largest absolute Gasteiger partial charge is 0.165 e. The lowest BCUT2D eigenvalue weighted by Gasteiger charge is -1.97. The van der Waals surface area contributed by atoms with Crippen LogP contribution in [0.2, 0.25) is 0 Å². The van der Waals surface area contributed by atoms with Crippen LogP contribution >= 0.6 is 42.7 Å². The van der Waals surface area contributed by atoms with Crippen molar-refractivity contribution in [2.24, 2.45) is 0 Å². The maximum atomic E-state index is 2.18. The average Bonchev–Trinajstić information content (AvgIpc) is 1.97. The van der Waals surface area contributed by atoms with Gasteiger partial charge in [-0.25, -0.2) is 0 Å². The molecule has 0 N–H and O–H groups in total. The zero-order valence-corrected chi connectivity index (χ0v) is 10.0. The molecule has 0 saturated carbocycles. The average molecular weight is 214 g/mol. The monoisotopic (exact) mass is 214 g/mol. The molecule has 0 aromatic heterocycles. The van der Waals surface area contributed by atoms with Gasteiger partial charge >= 0.3 is 0 Å². The Kier molecular flexibility index (Phi) is 12.0. The Morgan fingerprint density at radius 3 is 2.30 bits per heavy atom. The second kappa shape index (κ2) is 10.5. The fraction of sp³-hybridized carbons (Fsp3) is 1.00. The molecule has 0 aliphatic rings. The van der Waals surface area contributed by atoms with Gasteiger partial charge in [0.05, 0.1) is 0 Å². The first-order chi connectivity index (χ1) is 4.91. The molecule has 1 unspecified atom stereocenters. The van der Waals surface area contributed by atoms with Crippen LogP contribution in [0.3, 0.4) is 0 Å². The Bertz CT molecular complexity index is 53.0. The van der Waals surface area contributed by atoms with Crippen molar-refractivity contribution < 1.29 is 0 Å². The topological polar surface area (TPSA) is 0 Å². The van der Waals surface area contributed by atoms with Gasteiger partial charge < -0.3 is 0 Å². The van der Waals surface area contributed by atoms with E-state index in [1.54, 1.807) is 0 Å². The predicted octanol–water partition coefficient (Wildman–Crippen LogP) is 3.04. The normalized spacial score (nSPS) is 11.4. The first-order valence-corrected chi connectivity index (χ1v) is 8.95. The second-order valence-corrected chi connectivity index (χ2v) is 6.92. The quantitative estimate of drug-likeness (QED) is 0.472. The smallest absolute Gasteiger partial charge is 0.00626 e. The highest BCUT2D eigenvalue weighted by molar-refractivity contribution is 8.49. The van der Waals surface area contributed by atoms with Gasteiger partial charge in [-0.1, -0.05) is 7.78 Å². The van der Waals surface area contributed by atoms with E-state index < -0.39 is 0 Å². The van der Waals surface area contributed by atoms with Crippen molar-refractivity contribution in [3.63, 3.8) is 0 Å². The minimum Gasteiger partial charge on any atom is -0.165 e. The molecular weight excluding hydrogens is 199 g/mol. The first-order valence-electron chi connectivity index (χ1n) is 3.24. The highest BCUT2D eigenvalue weighted by Crippen LogP contribution is 2.29. The van der Waals surface area contributed by atoms with Crippen LogP contribution in [0, 0.1) is 0 Å². The van der Waals surface area contributed by atoms with Gasteiger partial charge in [-0.15, -0.1) is 11.4 Å². The molecule has 0 nitrogen and oxygen atoms in total. The Morgan fingerprint density at radius 1 is 1.00 bits per heavy atom. The molecule has 0 aromatic rings. The molecule has 0 aliphatic carbocycles. The van der Waals surface area contributed by atoms with Crippen LogP contribution in [0.5, 0.6) is 0 Å². The molecule has 0 spiro atoms. The number of thioether (sulfide) groups is 2. The van der Waals surface area contributed by atoms with Gasteiger partial charge in [0.25, 0.3) is 0 Å². The second-order valence-electron chi connectivity index (χ2n) is 1.73. The van der Waals surface area contributed by atoms with Crippen molar-refractivity contribution in [2.45, 2.75) is 0 Å². The summed E-state index contributed by atoms with van der Waals surface area (Å²) in [6.45, 7) is 0. The molecule has 0 aliphatic heterocycles. The SMILES string of the molecule is CSCCPSCCSC. The molecule has 1 atom stereocenters. The van der Waals surface area contributed by atoms with Crippen molar-refractivity contribution in [1.29, 1.82) is 0 Å². The lowest BCUT2D eigenvalue weighted by molar-refractivity contribution is 1.55. The van der Waals surface area contributed by atoms with Crippen molar-refractivity contribution in [3.05, 3.63) is 0 Å². The highest BCUT2D eigenvalue weighted by Gasteiger charge is 1.87. The third-order valence-corrected chi connectivity index (χ3v) is 5.65. The van der Waals surface area contributed by atoms with Crippen LogP contribution in [-0.2, 0) is 0 Å². The maximum absolute atomic E-state index is 2.18. The summed E-state index contributed by atoms with van der Waals surface area (Å²) < 4.78 is 0. The van der Waals surface area contributed by atoms with E-state index in [-0.39, 0.29) is 0 Å². The molecule has 62 valence electrons. The molecule has 0 aromatic carbocycles. The van der Waals surface area contributed by atoms with Gasteiger partial charge in [-0.3, -0.25) is 0 Å². The molecule has 0 amide bonds. The number of hydrogen-bond donors (Lipinski definition) is 0. The van der Waals surface area contributed by atoms with E-state index in [9.17, 15) is 0 Å². The summed E-state index contributed by atoms with van der Waals surface area (Å²) in [7, 11) is 1.13. The van der Waals surface area contributed by atoms with Crippen LogP contribution in [0.15, 0.2) is 0 Å². The summed E-state index contributed by atoms with van der Waals surface area (Å²) in [5, 5.41) is 0. The summed E-state index contributed by atoms with van der Waals surface area (Å²) in [6.07, 6.45) is 5.75. The van der Waals surface area contributed by atoms with Gasteiger partial charge in [0.15, 0.2) is 0 Å². The van der Waals surface area contributed by atoms with E-state index in [4.69, 9.17) is 0 Å². The zero-order chi connectivity index (χ0) is 7.66. The standard InChI is InChI=1S/C6H15PS3/c1-8-4-3-7-10-6-5-9-2/h7H,3-6H2,1-2H3. The molecule has 0 rings (SSSR count). The third-order valence-electron chi connectivity index (χ3n) is 0.900. The van der Waals surface area contributed by atoms with Crippen LogP contribution in [0.4, 0.5) is 0 Å². The summed E-state index contributed by atoms with van der Waals surface area (Å²) in [6, 6.07) is 0. The van der Waals surface area contributed by atoms with Gasteiger partial charge in [-0.05, 0) is 24.4 Å². The molecular formula is C6H15PS3. The van der Waals surface area contributed by atoms with Crippen LogP contribution in [0.25, 0.3) is 0 Å². The van der Waals surface area contributed by atoms with Gasteiger partial charge in [0.1, 0.15) is 0 Å². The summed E-state index contributed by atoms with van der Waals surface area (Å²) in [4.78, 5) is 0. The summed E-state index contributed by atoms with van der Waals surface area (Å²) in [5.41, 5.74) is 0. The van der Waals surface area contributed by atoms with Crippen molar-refractivity contribution in [3.8, 4) is 0 Å². The van der Waals surface area contributed by atoms with E-state index in [2.05, 4.69) is 23.9 Å². The van der Waals surface area contributed by atoms with E-state index >= 15 is 0 Å². The van der Waals surface area contributed by atoms with E-state index in [1.165, 1.54) is 23.4 Å². The highest BCUT2D eigenvalue weighted by atomic mass is 32.7. The Morgan fingerprint density at radius 2 is 1.70 bits per heavy atom. The van der Waals surface area contributed by atoms with Gasteiger partial charge in [-0.2, -0.15) is 23.5 Å². The fourth-order valence-electron chi connectivity index (χ4n) is 0.413. The number of hydrogen-bond acceptors (Lipinski definition) is 3. The molecule has 0 heterocycles. The minimum absolute atomic E-state index is 1.13. The van der Waals surface area contributed by atoms with Gasteiger partial charge in [0.2, 0.25) is 0 Å². The van der Waals surface area contributed by atoms with Crippen LogP contribution < -0.4 is 0 Å². The first kappa shape index (κ1) is 11.5. The van der Waals surface area contributed by atoms with Crippen molar-refractivity contribution in [2.75, 3.05) is 35.9 Å². The Balaban J connectivity index is 2.65.